The molecule has 0 amide bonds. The Morgan fingerprint density at radius 1 is 1.75 bits per heavy atom. The molecule has 0 aromatic rings. The largest absolute Gasteiger partial charge is 0.327 e. The van der Waals surface area contributed by atoms with Crippen LogP contribution in [0.25, 0.3) is 0 Å². The molecule has 3 heteroatoms. The molecule has 2 N–H and O–H groups in total. The van der Waals surface area contributed by atoms with Crippen LogP contribution in [-0.4, -0.2) is 17.1 Å². The van der Waals surface area contributed by atoms with Crippen LogP contribution < -0.4 is 5.73 Å². The molecule has 0 aliphatic rings. The summed E-state index contributed by atoms with van der Waals surface area (Å²) in [7, 11) is 0. The van der Waals surface area contributed by atoms with Gasteiger partial charge in [-0.1, -0.05) is 0 Å². The maximum atomic E-state index is 10.4. The highest BCUT2D eigenvalue weighted by Crippen LogP contribution is 1.99. The Bertz CT molecular complexity index is 92.4. The van der Waals surface area contributed by atoms with E-state index in [1.807, 2.05) is 0 Å². The first-order chi connectivity index (χ1) is 3.55. The van der Waals surface area contributed by atoms with Gasteiger partial charge in [-0.15, -0.1) is 0 Å². The van der Waals surface area contributed by atoms with E-state index in [1.165, 1.54) is 6.92 Å². The maximum Gasteiger partial charge on any atom is 0.144 e. The molecule has 0 heterocycles. The van der Waals surface area contributed by atoms with E-state index in [0.29, 0.717) is 0 Å². The van der Waals surface area contributed by atoms with E-state index < -0.39 is 0 Å². The van der Waals surface area contributed by atoms with Gasteiger partial charge in [-0.2, -0.15) is 12.6 Å². The number of carbonyl (C=O) groups is 1. The van der Waals surface area contributed by atoms with Crippen molar-refractivity contribution < 1.29 is 4.79 Å². The van der Waals surface area contributed by atoms with E-state index in [0.717, 1.165) is 0 Å². The first-order valence-electron chi connectivity index (χ1n) is 2.50. The van der Waals surface area contributed by atoms with Crippen LogP contribution in [0, 0.1) is 0 Å². The van der Waals surface area contributed by atoms with E-state index in [1.54, 1.807) is 6.92 Å². The number of rotatable bonds is 2. The van der Waals surface area contributed by atoms with Crippen molar-refractivity contribution in [3.63, 3.8) is 0 Å². The fourth-order valence-corrected chi connectivity index (χ4v) is 0.370. The lowest BCUT2D eigenvalue weighted by Gasteiger charge is -2.08. The van der Waals surface area contributed by atoms with Gasteiger partial charge < -0.3 is 5.73 Å². The van der Waals surface area contributed by atoms with Crippen LogP contribution in [0.1, 0.15) is 13.8 Å². The highest BCUT2D eigenvalue weighted by atomic mass is 32.1. The highest BCUT2D eigenvalue weighted by molar-refractivity contribution is 7.81. The molecule has 0 radical (unpaired) electrons. The average Bonchev–Trinajstić information content (AvgIpc) is 1.64. The molecule has 0 aliphatic heterocycles. The number of ketones is 1. The standard InChI is InChI=1S/C5H11NOS/c1-3(6)5(8)4(2)7/h3,5,8H,6H2,1-2H3/t3-,5-/m1/s1. The first kappa shape index (κ1) is 7.98. The zero-order valence-corrected chi connectivity index (χ0v) is 5.98. The van der Waals surface area contributed by atoms with Crippen LogP contribution in [0.5, 0.6) is 0 Å². The van der Waals surface area contributed by atoms with Gasteiger partial charge in [-0.25, -0.2) is 0 Å². The smallest absolute Gasteiger partial charge is 0.144 e. The Kier molecular flexibility index (Phi) is 3.09. The third-order valence-electron chi connectivity index (χ3n) is 0.915. The molecule has 48 valence electrons. The molecule has 0 saturated carbocycles. The molecule has 0 rings (SSSR count). The minimum absolute atomic E-state index is 0.0309. The molecule has 0 fully saturated rings. The van der Waals surface area contributed by atoms with Crippen molar-refractivity contribution in [2.75, 3.05) is 0 Å². The number of carbonyl (C=O) groups excluding carboxylic acids is 1. The molecule has 2 atom stereocenters. The van der Waals surface area contributed by atoms with Crippen molar-refractivity contribution in [1.82, 2.24) is 0 Å². The van der Waals surface area contributed by atoms with Crippen molar-refractivity contribution in [1.29, 1.82) is 0 Å². The first-order valence-corrected chi connectivity index (χ1v) is 3.01. The molecule has 0 saturated heterocycles. The Morgan fingerprint density at radius 3 is 2.12 bits per heavy atom. The summed E-state index contributed by atoms with van der Waals surface area (Å²) >= 11 is 3.95. The fraction of sp³-hybridized carbons (Fsp3) is 0.800. The highest BCUT2D eigenvalue weighted by Gasteiger charge is 2.11. The van der Waals surface area contributed by atoms with Gasteiger partial charge in [-0.3, -0.25) is 4.79 Å². The van der Waals surface area contributed by atoms with Crippen LogP contribution >= 0.6 is 12.6 Å². The van der Waals surface area contributed by atoms with Gasteiger partial charge in [0.2, 0.25) is 0 Å². The van der Waals surface area contributed by atoms with E-state index in [9.17, 15) is 4.79 Å². The summed E-state index contributed by atoms with van der Waals surface area (Å²) in [6.45, 7) is 3.25. The number of thiol groups is 1. The number of Topliss-reactive ketones (excluding diaryl/α,β-unsaturated/α-hetero) is 1. The molecule has 0 bridgehead atoms. The molecule has 0 spiro atoms. The normalized spacial score (nSPS) is 17.5. The Hall–Kier alpha value is -0.0200. The summed E-state index contributed by atoms with van der Waals surface area (Å²) in [5.74, 6) is 0.0309. The summed E-state index contributed by atoms with van der Waals surface area (Å²) in [6.07, 6.45) is 0. The number of hydrogen-bond donors (Lipinski definition) is 2. The monoisotopic (exact) mass is 133 g/mol. The molecule has 2 nitrogen and oxygen atoms in total. The number of hydrogen-bond acceptors (Lipinski definition) is 3. The summed E-state index contributed by atoms with van der Waals surface area (Å²) in [6, 6.07) is -0.143. The van der Waals surface area contributed by atoms with Gasteiger partial charge in [0.1, 0.15) is 5.78 Å². The Morgan fingerprint density at radius 2 is 2.12 bits per heavy atom. The average molecular weight is 133 g/mol. The van der Waals surface area contributed by atoms with E-state index in [2.05, 4.69) is 12.6 Å². The van der Waals surface area contributed by atoms with Crippen LogP contribution in [-0.2, 0) is 4.79 Å². The molecular weight excluding hydrogens is 122 g/mol. The lowest BCUT2D eigenvalue weighted by atomic mass is 10.2. The van der Waals surface area contributed by atoms with Gasteiger partial charge in [-0.05, 0) is 13.8 Å². The third kappa shape index (κ3) is 2.33. The van der Waals surface area contributed by atoms with E-state index in [4.69, 9.17) is 5.73 Å². The van der Waals surface area contributed by atoms with Gasteiger partial charge in [0.25, 0.3) is 0 Å². The van der Waals surface area contributed by atoms with Crippen molar-refractivity contribution >= 4 is 18.4 Å². The van der Waals surface area contributed by atoms with Crippen molar-refractivity contribution in [3.8, 4) is 0 Å². The van der Waals surface area contributed by atoms with Crippen molar-refractivity contribution in [3.05, 3.63) is 0 Å². The molecule has 8 heavy (non-hydrogen) atoms. The molecule has 0 aromatic heterocycles. The predicted octanol–water partition coefficient (Wildman–Crippen LogP) is 0.221. The SMILES string of the molecule is CC(=O)[C@H](S)[C@@H](C)N. The van der Waals surface area contributed by atoms with E-state index in [-0.39, 0.29) is 17.1 Å². The minimum atomic E-state index is -0.296. The second kappa shape index (κ2) is 3.10. The number of nitrogens with two attached hydrogens (primary N) is 1. The second-order valence-corrected chi connectivity index (χ2v) is 2.47. The van der Waals surface area contributed by atoms with Crippen LogP contribution in [0.15, 0.2) is 0 Å². The minimum Gasteiger partial charge on any atom is -0.327 e. The summed E-state index contributed by atoms with van der Waals surface area (Å²) in [5, 5.41) is -0.296. The zero-order chi connectivity index (χ0) is 6.73. The second-order valence-electron chi connectivity index (χ2n) is 1.91. The van der Waals surface area contributed by atoms with Crippen LogP contribution in [0.4, 0.5) is 0 Å². The quantitative estimate of drug-likeness (QED) is 0.529. The zero-order valence-electron chi connectivity index (χ0n) is 5.09. The third-order valence-corrected chi connectivity index (χ3v) is 1.75. The van der Waals surface area contributed by atoms with Gasteiger partial charge in [0.15, 0.2) is 0 Å². The van der Waals surface area contributed by atoms with Gasteiger partial charge in [0.05, 0.1) is 5.25 Å². The van der Waals surface area contributed by atoms with E-state index >= 15 is 0 Å². The van der Waals surface area contributed by atoms with Crippen molar-refractivity contribution in [2.45, 2.75) is 25.1 Å². The Balaban J connectivity index is 3.64. The topological polar surface area (TPSA) is 43.1 Å². The molecule has 0 aliphatic carbocycles. The Labute approximate surface area is 54.9 Å². The predicted molar refractivity (Wildman–Crippen MR) is 37.1 cm³/mol. The summed E-state index contributed by atoms with van der Waals surface area (Å²) in [4.78, 5) is 10.4. The molecule has 0 aromatic carbocycles. The van der Waals surface area contributed by atoms with Gasteiger partial charge in [0, 0.05) is 6.04 Å². The lowest BCUT2D eigenvalue weighted by Crippen LogP contribution is -2.32. The van der Waals surface area contributed by atoms with Crippen molar-refractivity contribution in [2.24, 2.45) is 5.73 Å². The lowest BCUT2D eigenvalue weighted by molar-refractivity contribution is -0.116. The van der Waals surface area contributed by atoms with Crippen LogP contribution in [0.3, 0.4) is 0 Å². The molecular formula is C5H11NOS. The summed E-state index contributed by atoms with van der Waals surface area (Å²) in [5.41, 5.74) is 5.34. The maximum absolute atomic E-state index is 10.4. The van der Waals surface area contributed by atoms with Gasteiger partial charge >= 0.3 is 0 Å². The molecule has 0 unspecified atom stereocenters. The summed E-state index contributed by atoms with van der Waals surface area (Å²) < 4.78 is 0. The van der Waals surface area contributed by atoms with Crippen LogP contribution in [0.2, 0.25) is 0 Å². The fourth-order valence-electron chi connectivity index (χ4n) is 0.370.